The van der Waals surface area contributed by atoms with Crippen molar-refractivity contribution < 1.29 is 9.47 Å². The van der Waals surface area contributed by atoms with Crippen molar-refractivity contribution in [3.63, 3.8) is 0 Å². The Morgan fingerprint density at radius 3 is 2.64 bits per heavy atom. The van der Waals surface area contributed by atoms with Crippen LogP contribution >= 0.6 is 35.7 Å². The van der Waals surface area contributed by atoms with Crippen LogP contribution in [0, 0.1) is 0 Å². The summed E-state index contributed by atoms with van der Waals surface area (Å²) in [5.41, 5.74) is 6.97. The third kappa shape index (κ3) is 7.98. The lowest BCUT2D eigenvalue weighted by Gasteiger charge is -2.10. The van der Waals surface area contributed by atoms with Crippen LogP contribution in [0.3, 0.4) is 0 Å². The van der Waals surface area contributed by atoms with Gasteiger partial charge in [-0.1, -0.05) is 6.07 Å². The number of nitrogens with zero attached hydrogens (tertiary/aromatic N) is 1. The molecule has 3 N–H and O–H groups in total. The fraction of sp³-hybridized carbons (Fsp3) is 0.533. The van der Waals surface area contributed by atoms with Crippen LogP contribution < -0.4 is 20.5 Å². The maximum absolute atomic E-state index is 5.81. The minimum atomic E-state index is 0. The molecule has 1 aromatic rings. The molecule has 0 atom stereocenters. The summed E-state index contributed by atoms with van der Waals surface area (Å²) in [6.45, 7) is 1.52. The lowest BCUT2D eigenvalue weighted by Crippen LogP contribution is -2.33. The summed E-state index contributed by atoms with van der Waals surface area (Å²) < 4.78 is 10.5. The monoisotopic (exact) mass is 439 g/mol. The number of nitrogens with one attached hydrogen (secondary N) is 1. The Labute approximate surface area is 154 Å². The first-order chi connectivity index (χ1) is 10.2. The summed E-state index contributed by atoms with van der Waals surface area (Å²) in [6.07, 6.45) is 4.00. The van der Waals surface area contributed by atoms with Gasteiger partial charge in [0.15, 0.2) is 17.5 Å². The van der Waals surface area contributed by atoms with Crippen molar-refractivity contribution in [2.24, 2.45) is 10.7 Å². The van der Waals surface area contributed by atoms with Gasteiger partial charge >= 0.3 is 0 Å². The SMILES string of the molecule is COc1ccc(CCNC(N)=NCCCSC)cc1OC.I. The number of halogens is 1. The van der Waals surface area contributed by atoms with Crippen LogP contribution in [0.2, 0.25) is 0 Å². The van der Waals surface area contributed by atoms with E-state index in [2.05, 4.69) is 16.6 Å². The molecule has 0 unspecified atom stereocenters. The van der Waals surface area contributed by atoms with E-state index in [1.807, 2.05) is 30.0 Å². The molecule has 0 saturated carbocycles. The molecule has 0 saturated heterocycles. The number of aliphatic imine (C=N–C) groups is 1. The van der Waals surface area contributed by atoms with Crippen LogP contribution in [0.4, 0.5) is 0 Å². The molecule has 1 rings (SSSR count). The van der Waals surface area contributed by atoms with E-state index in [1.165, 1.54) is 0 Å². The minimum Gasteiger partial charge on any atom is -0.493 e. The predicted molar refractivity (Wildman–Crippen MR) is 106 cm³/mol. The Hall–Kier alpha value is -0.830. The Kier molecular flexibility index (Phi) is 12.2. The minimum absolute atomic E-state index is 0. The first-order valence-electron chi connectivity index (χ1n) is 6.95. The Morgan fingerprint density at radius 2 is 2.00 bits per heavy atom. The number of benzene rings is 1. The van der Waals surface area contributed by atoms with Gasteiger partial charge in [-0.15, -0.1) is 24.0 Å². The number of methoxy groups -OCH3 is 2. The van der Waals surface area contributed by atoms with Gasteiger partial charge in [0.1, 0.15) is 0 Å². The van der Waals surface area contributed by atoms with Crippen molar-refractivity contribution in [3.05, 3.63) is 23.8 Å². The van der Waals surface area contributed by atoms with Gasteiger partial charge in [0.2, 0.25) is 0 Å². The quantitative estimate of drug-likeness (QED) is 0.268. The van der Waals surface area contributed by atoms with E-state index < -0.39 is 0 Å². The number of guanidine groups is 1. The van der Waals surface area contributed by atoms with Gasteiger partial charge in [-0.05, 0) is 42.5 Å². The van der Waals surface area contributed by atoms with Gasteiger partial charge in [0.25, 0.3) is 0 Å². The van der Waals surface area contributed by atoms with Crippen molar-refractivity contribution in [1.29, 1.82) is 0 Å². The molecule has 0 aliphatic rings. The zero-order chi connectivity index (χ0) is 15.5. The van der Waals surface area contributed by atoms with Crippen LogP contribution in [0.25, 0.3) is 0 Å². The van der Waals surface area contributed by atoms with Crippen LogP contribution in [0.15, 0.2) is 23.2 Å². The number of rotatable bonds is 9. The van der Waals surface area contributed by atoms with E-state index in [-0.39, 0.29) is 24.0 Å². The summed E-state index contributed by atoms with van der Waals surface area (Å²) in [4.78, 5) is 4.28. The van der Waals surface area contributed by atoms with Crippen molar-refractivity contribution in [2.75, 3.05) is 39.3 Å². The van der Waals surface area contributed by atoms with Crippen LogP contribution in [-0.2, 0) is 6.42 Å². The fourth-order valence-corrected chi connectivity index (χ4v) is 2.25. The molecule has 0 aliphatic carbocycles. The van der Waals surface area contributed by atoms with E-state index in [0.717, 1.165) is 48.7 Å². The smallest absolute Gasteiger partial charge is 0.188 e. The molecule has 0 spiro atoms. The molecule has 0 fully saturated rings. The first-order valence-corrected chi connectivity index (χ1v) is 8.34. The van der Waals surface area contributed by atoms with Crippen molar-refractivity contribution in [3.8, 4) is 11.5 Å². The van der Waals surface area contributed by atoms with E-state index >= 15 is 0 Å². The number of hydrogen-bond acceptors (Lipinski definition) is 4. The summed E-state index contributed by atoms with van der Waals surface area (Å²) in [5.74, 6) is 3.11. The van der Waals surface area contributed by atoms with Crippen molar-refractivity contribution >= 4 is 41.7 Å². The Bertz CT molecular complexity index is 458. The van der Waals surface area contributed by atoms with Gasteiger partial charge in [-0.3, -0.25) is 4.99 Å². The van der Waals surface area contributed by atoms with Crippen molar-refractivity contribution in [2.45, 2.75) is 12.8 Å². The molecule has 1 aromatic carbocycles. The van der Waals surface area contributed by atoms with E-state index in [1.54, 1.807) is 14.2 Å². The van der Waals surface area contributed by atoms with Crippen LogP contribution in [0.1, 0.15) is 12.0 Å². The zero-order valence-corrected chi connectivity index (χ0v) is 16.6. The average molecular weight is 439 g/mol. The molecule has 126 valence electrons. The number of nitrogens with two attached hydrogens (primary N) is 1. The van der Waals surface area contributed by atoms with E-state index in [4.69, 9.17) is 15.2 Å². The molecule has 0 heterocycles. The highest BCUT2D eigenvalue weighted by molar-refractivity contribution is 14.0. The molecule has 0 amide bonds. The van der Waals surface area contributed by atoms with Gasteiger partial charge in [-0.2, -0.15) is 11.8 Å². The molecule has 7 heteroatoms. The van der Waals surface area contributed by atoms with Crippen LogP contribution in [-0.4, -0.2) is 45.3 Å². The zero-order valence-electron chi connectivity index (χ0n) is 13.4. The summed E-state index contributed by atoms with van der Waals surface area (Å²) >= 11 is 1.82. The maximum Gasteiger partial charge on any atom is 0.188 e. The third-order valence-corrected chi connectivity index (χ3v) is 3.65. The number of thioether (sulfide) groups is 1. The Balaban J connectivity index is 0.00000441. The molecule has 0 aliphatic heterocycles. The Morgan fingerprint density at radius 1 is 1.27 bits per heavy atom. The summed E-state index contributed by atoms with van der Waals surface area (Å²) in [7, 11) is 3.27. The van der Waals surface area contributed by atoms with Gasteiger partial charge < -0.3 is 20.5 Å². The molecule has 0 radical (unpaired) electrons. The second-order valence-corrected chi connectivity index (χ2v) is 5.47. The topological polar surface area (TPSA) is 68.9 Å². The van der Waals surface area contributed by atoms with E-state index in [0.29, 0.717) is 5.96 Å². The molecular weight excluding hydrogens is 413 g/mol. The van der Waals surface area contributed by atoms with Gasteiger partial charge in [0.05, 0.1) is 14.2 Å². The summed E-state index contributed by atoms with van der Waals surface area (Å²) in [5, 5.41) is 3.12. The standard InChI is InChI=1S/C15H25N3O2S.HI/c1-19-13-6-5-12(11-14(13)20-2)7-9-18-15(16)17-8-4-10-21-3;/h5-6,11H,4,7-10H2,1-3H3,(H3,16,17,18);1H. The second kappa shape index (κ2) is 12.7. The van der Waals surface area contributed by atoms with Gasteiger partial charge in [-0.25, -0.2) is 0 Å². The second-order valence-electron chi connectivity index (χ2n) is 4.48. The highest BCUT2D eigenvalue weighted by atomic mass is 127. The van der Waals surface area contributed by atoms with Crippen molar-refractivity contribution in [1.82, 2.24) is 5.32 Å². The largest absolute Gasteiger partial charge is 0.493 e. The first kappa shape index (κ1) is 21.2. The number of hydrogen-bond donors (Lipinski definition) is 2. The van der Waals surface area contributed by atoms with Crippen LogP contribution in [0.5, 0.6) is 11.5 Å². The normalized spacial score (nSPS) is 10.8. The predicted octanol–water partition coefficient (Wildman–Crippen LogP) is 2.52. The highest BCUT2D eigenvalue weighted by Crippen LogP contribution is 2.27. The molecule has 5 nitrogen and oxygen atoms in total. The molecule has 0 aromatic heterocycles. The lowest BCUT2D eigenvalue weighted by atomic mass is 10.1. The number of ether oxygens (including phenoxy) is 2. The maximum atomic E-state index is 5.81. The lowest BCUT2D eigenvalue weighted by molar-refractivity contribution is 0.354. The molecule has 0 bridgehead atoms. The van der Waals surface area contributed by atoms with Gasteiger partial charge in [0, 0.05) is 13.1 Å². The molecule has 22 heavy (non-hydrogen) atoms. The summed E-state index contributed by atoms with van der Waals surface area (Å²) in [6, 6.07) is 5.91. The highest BCUT2D eigenvalue weighted by Gasteiger charge is 2.04. The average Bonchev–Trinajstić information content (AvgIpc) is 2.51. The molecular formula is C15H26IN3O2S. The fourth-order valence-electron chi connectivity index (χ4n) is 1.84. The third-order valence-electron chi connectivity index (χ3n) is 2.96. The van der Waals surface area contributed by atoms with E-state index in [9.17, 15) is 0 Å².